The third-order valence-corrected chi connectivity index (χ3v) is 2.75. The van der Waals surface area contributed by atoms with Crippen molar-refractivity contribution in [2.45, 2.75) is 13.3 Å². The van der Waals surface area contributed by atoms with Crippen molar-refractivity contribution in [3.8, 4) is 0 Å². The minimum absolute atomic E-state index is 0.0876. The summed E-state index contributed by atoms with van der Waals surface area (Å²) < 4.78 is 5.14. The van der Waals surface area contributed by atoms with Gasteiger partial charge in [-0.3, -0.25) is 9.69 Å². The highest BCUT2D eigenvalue weighted by Crippen LogP contribution is 2.02. The minimum Gasteiger partial charge on any atom is -0.370 e. The molecule has 1 amide bonds. The molecule has 1 rings (SSSR count). The Morgan fingerprint density at radius 3 is 2.56 bits per heavy atom. The Kier molecular flexibility index (Phi) is 6.37. The van der Waals surface area contributed by atoms with Crippen molar-refractivity contribution >= 4 is 5.91 Å². The van der Waals surface area contributed by atoms with Crippen molar-refractivity contribution in [3.05, 3.63) is 0 Å². The van der Waals surface area contributed by atoms with Crippen LogP contribution < -0.4 is 5.73 Å². The van der Waals surface area contributed by atoms with Crippen LogP contribution in [0.15, 0.2) is 0 Å². The van der Waals surface area contributed by atoms with Crippen molar-refractivity contribution in [3.63, 3.8) is 0 Å². The van der Waals surface area contributed by atoms with E-state index in [4.69, 9.17) is 10.5 Å². The highest BCUT2D eigenvalue weighted by Gasteiger charge is 2.20. The van der Waals surface area contributed by atoms with Gasteiger partial charge in [-0.05, 0) is 13.0 Å². The summed E-state index contributed by atoms with van der Waals surface area (Å²) in [6.07, 6.45) is 1.17. The molecule has 0 bridgehead atoms. The van der Waals surface area contributed by atoms with Gasteiger partial charge in [0.2, 0.25) is 5.91 Å². The van der Waals surface area contributed by atoms with Crippen LogP contribution in [0.5, 0.6) is 0 Å². The molecule has 94 valence electrons. The number of ether oxygens (including phenoxy) is 1. The highest BCUT2D eigenvalue weighted by molar-refractivity contribution is 5.77. The fourth-order valence-corrected chi connectivity index (χ4v) is 1.87. The first kappa shape index (κ1) is 13.4. The molecular weight excluding hydrogens is 206 g/mol. The van der Waals surface area contributed by atoms with Gasteiger partial charge in [-0.25, -0.2) is 0 Å². The van der Waals surface area contributed by atoms with Crippen LogP contribution >= 0.6 is 0 Å². The quantitative estimate of drug-likeness (QED) is 0.625. The summed E-state index contributed by atoms with van der Waals surface area (Å²) in [5.41, 5.74) is 5.29. The van der Waals surface area contributed by atoms with E-state index in [-0.39, 0.29) is 12.5 Å². The van der Waals surface area contributed by atoms with Gasteiger partial charge in [0.25, 0.3) is 0 Å². The zero-order valence-electron chi connectivity index (χ0n) is 10.2. The Hall–Kier alpha value is -0.650. The summed E-state index contributed by atoms with van der Waals surface area (Å²) in [6.45, 7) is 8.02. The topological polar surface area (TPSA) is 58.8 Å². The van der Waals surface area contributed by atoms with Gasteiger partial charge < -0.3 is 15.4 Å². The van der Waals surface area contributed by atoms with Crippen molar-refractivity contribution < 1.29 is 9.53 Å². The van der Waals surface area contributed by atoms with Gasteiger partial charge >= 0.3 is 0 Å². The molecule has 0 aromatic heterocycles. The lowest BCUT2D eigenvalue weighted by Gasteiger charge is -2.34. The number of nitrogens with zero attached hydrogens (tertiary/aromatic N) is 2. The molecule has 5 heteroatoms. The molecule has 0 aliphatic carbocycles. The molecule has 1 aliphatic heterocycles. The number of amides is 1. The standard InChI is InChI=1S/C11H23N3O2/c1-2-4-13-5-7-14(8-6-13)11(15)10-16-9-3-12/h2-10,12H2,1H3. The molecule has 1 saturated heterocycles. The summed E-state index contributed by atoms with van der Waals surface area (Å²) >= 11 is 0. The van der Waals surface area contributed by atoms with E-state index in [0.29, 0.717) is 13.2 Å². The van der Waals surface area contributed by atoms with Crippen LogP contribution in [0.1, 0.15) is 13.3 Å². The first-order valence-corrected chi connectivity index (χ1v) is 6.06. The molecule has 1 fully saturated rings. The minimum atomic E-state index is 0.0876. The largest absolute Gasteiger partial charge is 0.370 e. The molecule has 0 radical (unpaired) electrons. The summed E-state index contributed by atoms with van der Waals surface area (Å²) in [5.74, 6) is 0.0876. The molecule has 16 heavy (non-hydrogen) atoms. The van der Waals surface area contributed by atoms with Crippen LogP contribution in [-0.4, -0.2) is 68.2 Å². The molecule has 2 N–H and O–H groups in total. The van der Waals surface area contributed by atoms with Gasteiger partial charge in [0.15, 0.2) is 0 Å². The van der Waals surface area contributed by atoms with E-state index in [1.165, 1.54) is 6.42 Å². The average Bonchev–Trinajstić information content (AvgIpc) is 2.30. The lowest BCUT2D eigenvalue weighted by Crippen LogP contribution is -2.49. The fourth-order valence-electron chi connectivity index (χ4n) is 1.87. The van der Waals surface area contributed by atoms with Crippen LogP contribution in [0.3, 0.4) is 0 Å². The van der Waals surface area contributed by atoms with Crippen molar-refractivity contribution in [2.24, 2.45) is 5.73 Å². The molecule has 1 aliphatic rings. The second-order valence-electron chi connectivity index (χ2n) is 4.06. The van der Waals surface area contributed by atoms with E-state index in [1.54, 1.807) is 0 Å². The number of nitrogens with two attached hydrogens (primary N) is 1. The summed E-state index contributed by atoms with van der Waals surface area (Å²) in [4.78, 5) is 16.0. The second kappa shape index (κ2) is 7.60. The maximum atomic E-state index is 11.7. The first-order valence-electron chi connectivity index (χ1n) is 6.06. The van der Waals surface area contributed by atoms with E-state index in [9.17, 15) is 4.79 Å². The van der Waals surface area contributed by atoms with E-state index >= 15 is 0 Å². The van der Waals surface area contributed by atoms with E-state index in [1.807, 2.05) is 4.90 Å². The Labute approximate surface area is 97.5 Å². The van der Waals surface area contributed by atoms with Crippen molar-refractivity contribution in [1.29, 1.82) is 0 Å². The predicted molar refractivity (Wildman–Crippen MR) is 63.2 cm³/mol. The normalized spacial score (nSPS) is 17.8. The maximum absolute atomic E-state index is 11.7. The zero-order valence-corrected chi connectivity index (χ0v) is 10.2. The summed E-state index contributed by atoms with van der Waals surface area (Å²) in [5, 5.41) is 0. The molecule has 0 aromatic carbocycles. The Morgan fingerprint density at radius 2 is 2.00 bits per heavy atom. The predicted octanol–water partition coefficient (Wildman–Crippen LogP) is -0.484. The SMILES string of the molecule is CCCN1CCN(C(=O)COCCN)CC1. The summed E-state index contributed by atoms with van der Waals surface area (Å²) in [7, 11) is 0. The molecule has 0 atom stereocenters. The molecule has 0 unspecified atom stereocenters. The average molecular weight is 229 g/mol. The van der Waals surface area contributed by atoms with E-state index in [0.717, 1.165) is 32.7 Å². The number of hydrogen-bond donors (Lipinski definition) is 1. The van der Waals surface area contributed by atoms with Crippen LogP contribution in [-0.2, 0) is 9.53 Å². The molecule has 1 heterocycles. The number of carbonyl (C=O) groups is 1. The van der Waals surface area contributed by atoms with Gasteiger partial charge in [0, 0.05) is 32.7 Å². The van der Waals surface area contributed by atoms with Crippen LogP contribution in [0.25, 0.3) is 0 Å². The molecule has 0 saturated carbocycles. The molecule has 0 spiro atoms. The van der Waals surface area contributed by atoms with E-state index in [2.05, 4.69) is 11.8 Å². The Balaban J connectivity index is 2.17. The van der Waals surface area contributed by atoms with Crippen molar-refractivity contribution in [1.82, 2.24) is 9.80 Å². The number of hydrogen-bond acceptors (Lipinski definition) is 4. The Bertz CT molecular complexity index is 203. The Morgan fingerprint density at radius 1 is 1.31 bits per heavy atom. The van der Waals surface area contributed by atoms with Crippen LogP contribution in [0.4, 0.5) is 0 Å². The number of rotatable bonds is 6. The van der Waals surface area contributed by atoms with Crippen LogP contribution in [0.2, 0.25) is 0 Å². The van der Waals surface area contributed by atoms with Gasteiger partial charge in [-0.1, -0.05) is 6.92 Å². The highest BCUT2D eigenvalue weighted by atomic mass is 16.5. The molecule has 0 aromatic rings. The lowest BCUT2D eigenvalue weighted by molar-refractivity contribution is -0.137. The fraction of sp³-hybridized carbons (Fsp3) is 0.909. The molecular formula is C11H23N3O2. The monoisotopic (exact) mass is 229 g/mol. The third-order valence-electron chi connectivity index (χ3n) is 2.75. The van der Waals surface area contributed by atoms with E-state index < -0.39 is 0 Å². The number of carbonyl (C=O) groups excluding carboxylic acids is 1. The third kappa shape index (κ3) is 4.47. The second-order valence-corrected chi connectivity index (χ2v) is 4.06. The number of piperazine rings is 1. The zero-order chi connectivity index (χ0) is 11.8. The van der Waals surface area contributed by atoms with Crippen LogP contribution in [0, 0.1) is 0 Å². The van der Waals surface area contributed by atoms with Gasteiger partial charge in [-0.15, -0.1) is 0 Å². The van der Waals surface area contributed by atoms with Gasteiger partial charge in [0.05, 0.1) is 6.61 Å². The smallest absolute Gasteiger partial charge is 0.248 e. The van der Waals surface area contributed by atoms with Gasteiger partial charge in [-0.2, -0.15) is 0 Å². The molecule has 5 nitrogen and oxygen atoms in total. The van der Waals surface area contributed by atoms with Crippen molar-refractivity contribution in [2.75, 3.05) is 52.5 Å². The first-order chi connectivity index (χ1) is 7.77. The lowest BCUT2D eigenvalue weighted by atomic mass is 10.3. The maximum Gasteiger partial charge on any atom is 0.248 e. The summed E-state index contributed by atoms with van der Waals surface area (Å²) in [6, 6.07) is 0. The van der Waals surface area contributed by atoms with Gasteiger partial charge in [0.1, 0.15) is 6.61 Å².